The third-order valence-electron chi connectivity index (χ3n) is 3.31. The molecule has 5 heteroatoms. The average molecular weight is 258 g/mol. The van der Waals surface area contributed by atoms with Crippen molar-refractivity contribution in [1.29, 1.82) is 0 Å². The number of rotatable bonds is 2. The van der Waals surface area contributed by atoms with Gasteiger partial charge in [0.1, 0.15) is 0 Å². The van der Waals surface area contributed by atoms with Gasteiger partial charge in [-0.15, -0.1) is 6.42 Å². The zero-order valence-electron chi connectivity index (χ0n) is 11.1. The van der Waals surface area contributed by atoms with Crippen LogP contribution in [0.1, 0.15) is 16.1 Å². The van der Waals surface area contributed by atoms with Crippen LogP contribution in [0.4, 0.5) is 5.69 Å². The smallest absolute Gasteiger partial charge is 0.255 e. The van der Waals surface area contributed by atoms with E-state index in [9.17, 15) is 4.79 Å². The predicted molar refractivity (Wildman–Crippen MR) is 74.6 cm³/mol. The number of hydrogen-bond donors (Lipinski definition) is 1. The second-order valence-electron chi connectivity index (χ2n) is 4.67. The van der Waals surface area contributed by atoms with Gasteiger partial charge in [-0.3, -0.25) is 14.7 Å². The first-order valence-corrected chi connectivity index (χ1v) is 6.29. The zero-order chi connectivity index (χ0) is 13.8. The highest BCUT2D eigenvalue weighted by atomic mass is 16.2. The molecular weight excluding hydrogens is 240 g/mol. The molecule has 5 nitrogen and oxygen atoms in total. The van der Waals surface area contributed by atoms with E-state index in [4.69, 9.17) is 12.2 Å². The van der Waals surface area contributed by atoms with Gasteiger partial charge in [-0.05, 0) is 13.0 Å². The fraction of sp³-hybridized carbons (Fsp3) is 0.429. The van der Waals surface area contributed by atoms with Crippen molar-refractivity contribution in [2.75, 3.05) is 38.5 Å². The maximum absolute atomic E-state index is 12.4. The minimum atomic E-state index is -0.00217. The maximum Gasteiger partial charge on any atom is 0.255 e. The van der Waals surface area contributed by atoms with Crippen molar-refractivity contribution in [2.24, 2.45) is 0 Å². The summed E-state index contributed by atoms with van der Waals surface area (Å²) in [5, 5.41) is 0. The number of piperazine rings is 1. The Labute approximate surface area is 113 Å². The van der Waals surface area contributed by atoms with Crippen LogP contribution < -0.4 is 5.73 Å². The summed E-state index contributed by atoms with van der Waals surface area (Å²) in [5.41, 5.74) is 7.51. The van der Waals surface area contributed by atoms with Gasteiger partial charge in [0, 0.05) is 26.2 Å². The molecule has 1 fully saturated rings. The lowest BCUT2D eigenvalue weighted by Crippen LogP contribution is -2.48. The van der Waals surface area contributed by atoms with Gasteiger partial charge in [0.2, 0.25) is 0 Å². The fourth-order valence-electron chi connectivity index (χ4n) is 2.17. The molecule has 0 saturated carbocycles. The number of nitrogens with zero attached hydrogens (tertiary/aromatic N) is 3. The Hall–Kier alpha value is -2.06. The molecule has 1 saturated heterocycles. The largest absolute Gasteiger partial charge is 0.397 e. The first kappa shape index (κ1) is 13.4. The van der Waals surface area contributed by atoms with E-state index in [0.29, 0.717) is 36.6 Å². The van der Waals surface area contributed by atoms with E-state index in [-0.39, 0.29) is 5.91 Å². The van der Waals surface area contributed by atoms with Crippen LogP contribution in [0.3, 0.4) is 0 Å². The number of pyridine rings is 1. The van der Waals surface area contributed by atoms with E-state index >= 15 is 0 Å². The van der Waals surface area contributed by atoms with Crippen molar-refractivity contribution in [2.45, 2.75) is 6.92 Å². The number of nitrogens with two attached hydrogens (primary N) is 1. The molecule has 0 atom stereocenters. The Bertz CT molecular complexity index is 513. The summed E-state index contributed by atoms with van der Waals surface area (Å²) >= 11 is 0. The lowest BCUT2D eigenvalue weighted by atomic mass is 10.1. The molecule has 1 aliphatic rings. The summed E-state index contributed by atoms with van der Waals surface area (Å²) in [5.74, 6) is 2.62. The van der Waals surface area contributed by atoms with Crippen molar-refractivity contribution in [3.8, 4) is 12.3 Å². The normalized spacial score (nSPS) is 16.1. The molecule has 100 valence electrons. The molecule has 1 aromatic heterocycles. The number of carbonyl (C=O) groups is 1. The van der Waals surface area contributed by atoms with Crippen molar-refractivity contribution < 1.29 is 4.79 Å². The number of hydrogen-bond acceptors (Lipinski definition) is 4. The number of aromatic nitrogens is 1. The second kappa shape index (κ2) is 5.72. The molecule has 1 amide bonds. The summed E-state index contributed by atoms with van der Waals surface area (Å²) in [6.07, 6.45) is 6.85. The van der Waals surface area contributed by atoms with Crippen LogP contribution in [-0.4, -0.2) is 53.4 Å². The van der Waals surface area contributed by atoms with Gasteiger partial charge in [-0.2, -0.15) is 0 Å². The van der Waals surface area contributed by atoms with Gasteiger partial charge >= 0.3 is 0 Å². The van der Waals surface area contributed by atoms with E-state index in [2.05, 4.69) is 15.8 Å². The van der Waals surface area contributed by atoms with E-state index in [1.807, 2.05) is 11.8 Å². The summed E-state index contributed by atoms with van der Waals surface area (Å²) in [6, 6.07) is 1.69. The molecule has 0 aliphatic carbocycles. The SMILES string of the molecule is C#CCN1CCN(C(=O)c2cc(N)cnc2C)CC1. The third kappa shape index (κ3) is 3.04. The molecule has 19 heavy (non-hydrogen) atoms. The molecular formula is C14H18N4O. The maximum atomic E-state index is 12.4. The van der Waals surface area contributed by atoms with Gasteiger partial charge in [0.15, 0.2) is 0 Å². The quantitative estimate of drug-likeness (QED) is 0.778. The molecule has 0 aromatic carbocycles. The highest BCUT2D eigenvalue weighted by Gasteiger charge is 2.23. The summed E-state index contributed by atoms with van der Waals surface area (Å²) in [4.78, 5) is 20.5. The van der Waals surface area contributed by atoms with Gasteiger partial charge in [-0.25, -0.2) is 0 Å². The first-order valence-electron chi connectivity index (χ1n) is 6.29. The van der Waals surface area contributed by atoms with Gasteiger partial charge < -0.3 is 10.6 Å². The average Bonchev–Trinajstić information content (AvgIpc) is 2.42. The Morgan fingerprint density at radius 2 is 2.16 bits per heavy atom. The van der Waals surface area contributed by atoms with Crippen LogP contribution >= 0.6 is 0 Å². The Morgan fingerprint density at radius 3 is 2.79 bits per heavy atom. The molecule has 0 spiro atoms. The van der Waals surface area contributed by atoms with Crippen LogP contribution in [-0.2, 0) is 0 Å². The van der Waals surface area contributed by atoms with E-state index in [1.165, 1.54) is 0 Å². The van der Waals surface area contributed by atoms with E-state index in [0.717, 1.165) is 13.1 Å². The summed E-state index contributed by atoms with van der Waals surface area (Å²) < 4.78 is 0. The fourth-order valence-corrected chi connectivity index (χ4v) is 2.17. The van der Waals surface area contributed by atoms with Crippen LogP contribution in [0, 0.1) is 19.3 Å². The van der Waals surface area contributed by atoms with Crippen molar-refractivity contribution in [3.63, 3.8) is 0 Å². The number of carbonyl (C=O) groups excluding carboxylic acids is 1. The first-order chi connectivity index (χ1) is 9.11. The highest BCUT2D eigenvalue weighted by molar-refractivity contribution is 5.96. The number of anilines is 1. The molecule has 1 aromatic rings. The van der Waals surface area contributed by atoms with Crippen molar-refractivity contribution in [1.82, 2.24) is 14.8 Å². The second-order valence-corrected chi connectivity index (χ2v) is 4.67. The lowest BCUT2D eigenvalue weighted by Gasteiger charge is -2.33. The topological polar surface area (TPSA) is 62.5 Å². The lowest BCUT2D eigenvalue weighted by molar-refractivity contribution is 0.0651. The molecule has 2 heterocycles. The van der Waals surface area contributed by atoms with Gasteiger partial charge in [0.05, 0.1) is 29.7 Å². The van der Waals surface area contributed by atoms with E-state index in [1.54, 1.807) is 12.3 Å². The number of terminal acetylenes is 1. The molecule has 2 N–H and O–H groups in total. The third-order valence-corrected chi connectivity index (χ3v) is 3.31. The van der Waals surface area contributed by atoms with Crippen LogP contribution in [0.5, 0.6) is 0 Å². The number of nitrogen functional groups attached to an aromatic ring is 1. The standard InChI is InChI=1S/C14H18N4O/c1-3-4-17-5-7-18(8-6-17)14(19)13-9-12(15)10-16-11(13)2/h1,9-10H,4-8,15H2,2H3. The minimum Gasteiger partial charge on any atom is -0.397 e. The molecule has 0 radical (unpaired) electrons. The number of amides is 1. The van der Waals surface area contributed by atoms with Crippen LogP contribution in [0.2, 0.25) is 0 Å². The molecule has 0 bridgehead atoms. The van der Waals surface area contributed by atoms with Crippen molar-refractivity contribution >= 4 is 11.6 Å². The summed E-state index contributed by atoms with van der Waals surface area (Å²) in [7, 11) is 0. The summed E-state index contributed by atoms with van der Waals surface area (Å²) in [6.45, 7) is 5.46. The number of aryl methyl sites for hydroxylation is 1. The Balaban J connectivity index is 2.05. The molecule has 2 rings (SSSR count). The monoisotopic (exact) mass is 258 g/mol. The highest BCUT2D eigenvalue weighted by Crippen LogP contribution is 2.14. The minimum absolute atomic E-state index is 0.00217. The van der Waals surface area contributed by atoms with Crippen LogP contribution in [0.15, 0.2) is 12.3 Å². The Kier molecular flexibility index (Phi) is 4.03. The van der Waals surface area contributed by atoms with Crippen molar-refractivity contribution in [3.05, 3.63) is 23.5 Å². The Morgan fingerprint density at radius 1 is 1.47 bits per heavy atom. The zero-order valence-corrected chi connectivity index (χ0v) is 11.1. The van der Waals surface area contributed by atoms with E-state index < -0.39 is 0 Å². The van der Waals surface area contributed by atoms with Gasteiger partial charge in [0.25, 0.3) is 5.91 Å². The molecule has 0 unspecified atom stereocenters. The van der Waals surface area contributed by atoms with Gasteiger partial charge in [-0.1, -0.05) is 5.92 Å². The predicted octanol–water partition coefficient (Wildman–Crippen LogP) is 0.363. The molecule has 1 aliphatic heterocycles. The van der Waals surface area contributed by atoms with Crippen LogP contribution in [0.25, 0.3) is 0 Å².